The molecule has 0 saturated carbocycles. The molecule has 4 atom stereocenters. The van der Waals surface area contributed by atoms with E-state index in [1.807, 2.05) is 74.5 Å². The molecule has 340 valence electrons. The van der Waals surface area contributed by atoms with Crippen molar-refractivity contribution in [1.29, 1.82) is 0 Å². The number of rotatable bonds is 8. The summed E-state index contributed by atoms with van der Waals surface area (Å²) in [6.07, 6.45) is 1.94. The maximum atomic E-state index is 12.3. The van der Waals surface area contributed by atoms with Crippen molar-refractivity contribution in [2.24, 2.45) is 0 Å². The van der Waals surface area contributed by atoms with Crippen LogP contribution in [0.2, 0.25) is 0 Å². The van der Waals surface area contributed by atoms with Crippen LogP contribution in [0.5, 0.6) is 11.5 Å². The molecule has 4 fully saturated rings. The van der Waals surface area contributed by atoms with E-state index in [2.05, 4.69) is 20.4 Å². The van der Waals surface area contributed by atoms with Gasteiger partial charge >= 0.3 is 12.2 Å². The van der Waals surface area contributed by atoms with Gasteiger partial charge in [0, 0.05) is 49.8 Å². The molecule has 10 rings (SSSR count). The molecule has 0 bridgehead atoms. The van der Waals surface area contributed by atoms with Gasteiger partial charge in [0.05, 0.1) is 60.7 Å². The van der Waals surface area contributed by atoms with Crippen molar-refractivity contribution in [2.75, 3.05) is 62.4 Å². The van der Waals surface area contributed by atoms with E-state index in [1.165, 1.54) is 0 Å². The number of hydrogen-bond donors (Lipinski definition) is 4. The number of amides is 2. The third kappa shape index (κ3) is 10.6. The van der Waals surface area contributed by atoms with Gasteiger partial charge in [0.1, 0.15) is 35.3 Å². The number of halogens is 1. The number of phenolic OH excluding ortho intramolecular Hbond substituents is 2. The molecule has 0 aliphatic carbocycles. The second-order valence-corrected chi connectivity index (χ2v) is 16.8. The fourth-order valence-corrected chi connectivity index (χ4v) is 8.55. The number of phenols is 2. The molecule has 17 heteroatoms. The van der Waals surface area contributed by atoms with Crippen molar-refractivity contribution in [3.63, 3.8) is 0 Å². The number of aromatic hydroxyl groups is 2. The van der Waals surface area contributed by atoms with Crippen LogP contribution in [-0.2, 0) is 18.9 Å². The minimum Gasteiger partial charge on any atom is -0.507 e. The van der Waals surface area contributed by atoms with Gasteiger partial charge in [-0.1, -0.05) is 36.4 Å². The summed E-state index contributed by atoms with van der Waals surface area (Å²) in [5, 5.41) is 28.5. The SMILES string of the molecule is Cc1ccc2c(N3CC[C@@H](NC(=O)O[C@H]4CCOC4)C3)nc(-c3ccccc3O)nc2c1.Cc1ccc2c(N3CC[C@@H](NC(=O)O[C@H]4CCOC4)C3)nc(-c3ccccc3O)nc2c1.Cl. The number of aromatic nitrogens is 4. The summed E-state index contributed by atoms with van der Waals surface area (Å²) in [7, 11) is 0. The Morgan fingerprint density at radius 2 is 1.05 bits per heavy atom. The summed E-state index contributed by atoms with van der Waals surface area (Å²) >= 11 is 0. The summed E-state index contributed by atoms with van der Waals surface area (Å²) < 4.78 is 21.4. The van der Waals surface area contributed by atoms with Gasteiger partial charge in [-0.2, -0.15) is 0 Å². The Morgan fingerprint density at radius 1 is 0.615 bits per heavy atom. The van der Waals surface area contributed by atoms with Gasteiger partial charge < -0.3 is 49.6 Å². The summed E-state index contributed by atoms with van der Waals surface area (Å²) in [5.74, 6) is 2.85. The van der Waals surface area contributed by atoms with Gasteiger partial charge in [0.15, 0.2) is 11.6 Å². The fraction of sp³-hybridized carbons (Fsp3) is 0.375. The molecule has 0 unspecified atom stereocenters. The highest BCUT2D eigenvalue weighted by Gasteiger charge is 2.31. The number of para-hydroxylation sites is 2. The normalized spacial score (nSPS) is 20.3. The van der Waals surface area contributed by atoms with Gasteiger partial charge in [-0.3, -0.25) is 0 Å². The second kappa shape index (κ2) is 20.1. The number of aryl methyl sites for hydroxylation is 2. The largest absolute Gasteiger partial charge is 0.507 e. The number of carbonyl (C=O) groups excluding carboxylic acids is 2. The Bertz CT molecular complexity index is 2480. The Balaban J connectivity index is 0.000000175. The Labute approximate surface area is 382 Å². The molecule has 4 saturated heterocycles. The molecule has 2 amide bonds. The molecule has 2 aromatic heterocycles. The number of fused-ring (bicyclic) bond motifs is 2. The minimum atomic E-state index is -0.398. The summed E-state index contributed by atoms with van der Waals surface area (Å²) in [6, 6.07) is 26.3. The molecule has 4 aliphatic rings. The molecule has 6 aromatic rings. The molecule has 4 aliphatic heterocycles. The monoisotopic (exact) mass is 904 g/mol. The summed E-state index contributed by atoms with van der Waals surface area (Å²) in [5.41, 5.74) is 5.03. The van der Waals surface area contributed by atoms with Crippen LogP contribution in [-0.4, -0.2) is 119 Å². The Morgan fingerprint density at radius 3 is 1.45 bits per heavy atom. The molecule has 16 nitrogen and oxygen atoms in total. The Kier molecular flexibility index (Phi) is 14.0. The van der Waals surface area contributed by atoms with Crippen LogP contribution in [0.25, 0.3) is 44.6 Å². The van der Waals surface area contributed by atoms with E-state index in [-0.39, 0.29) is 48.2 Å². The molecule has 0 radical (unpaired) electrons. The van der Waals surface area contributed by atoms with Gasteiger partial charge in [-0.25, -0.2) is 29.5 Å². The minimum absolute atomic E-state index is 0. The van der Waals surface area contributed by atoms with Crippen molar-refractivity contribution in [3.05, 3.63) is 96.1 Å². The van der Waals surface area contributed by atoms with Crippen molar-refractivity contribution in [2.45, 2.75) is 63.8 Å². The fourth-order valence-electron chi connectivity index (χ4n) is 8.55. The number of ether oxygens (including phenoxy) is 4. The lowest BCUT2D eigenvalue weighted by atomic mass is 10.1. The lowest BCUT2D eigenvalue weighted by molar-refractivity contribution is 0.0808. The average molecular weight is 905 g/mol. The zero-order valence-electron chi connectivity index (χ0n) is 36.3. The van der Waals surface area contributed by atoms with E-state index in [0.717, 1.165) is 83.3 Å². The molecule has 0 spiro atoms. The second-order valence-electron chi connectivity index (χ2n) is 16.8. The van der Waals surface area contributed by atoms with Crippen LogP contribution in [0, 0.1) is 13.8 Å². The zero-order chi connectivity index (χ0) is 44.2. The summed E-state index contributed by atoms with van der Waals surface area (Å²) in [6.45, 7) is 8.98. The van der Waals surface area contributed by atoms with Crippen LogP contribution in [0.1, 0.15) is 36.8 Å². The highest BCUT2D eigenvalue weighted by Crippen LogP contribution is 2.35. The number of nitrogens with one attached hydrogen (secondary N) is 2. The summed E-state index contributed by atoms with van der Waals surface area (Å²) in [4.78, 5) is 48.0. The topological polar surface area (TPSA) is 194 Å². The van der Waals surface area contributed by atoms with Gasteiger partial charge in [-0.15, -0.1) is 12.4 Å². The number of alkyl carbamates (subject to hydrolysis) is 2. The quantitative estimate of drug-likeness (QED) is 0.120. The maximum absolute atomic E-state index is 12.3. The molecular formula is C48H53ClN8O8. The van der Waals surface area contributed by atoms with Crippen molar-refractivity contribution in [1.82, 2.24) is 30.6 Å². The van der Waals surface area contributed by atoms with Crippen molar-refractivity contribution < 1.29 is 38.7 Å². The van der Waals surface area contributed by atoms with Crippen molar-refractivity contribution in [3.8, 4) is 34.3 Å². The lowest BCUT2D eigenvalue weighted by Gasteiger charge is -2.21. The van der Waals surface area contributed by atoms with E-state index in [1.54, 1.807) is 24.3 Å². The molecule has 6 heterocycles. The first-order valence-electron chi connectivity index (χ1n) is 21.9. The number of nitrogens with zero attached hydrogens (tertiary/aromatic N) is 6. The first-order chi connectivity index (χ1) is 31.1. The Hall–Kier alpha value is -6.49. The molecular weight excluding hydrogens is 852 g/mol. The molecule has 65 heavy (non-hydrogen) atoms. The van der Waals surface area contributed by atoms with Crippen LogP contribution in [0.15, 0.2) is 84.9 Å². The first kappa shape index (κ1) is 45.1. The van der Waals surface area contributed by atoms with E-state index >= 15 is 0 Å². The van der Waals surface area contributed by atoms with Gasteiger partial charge in [-0.05, 0) is 86.3 Å². The predicted octanol–water partition coefficient (Wildman–Crippen LogP) is 7.23. The highest BCUT2D eigenvalue weighted by molar-refractivity contribution is 5.93. The van der Waals surface area contributed by atoms with Crippen LogP contribution in [0.4, 0.5) is 21.2 Å². The van der Waals surface area contributed by atoms with E-state index in [0.29, 0.717) is 62.3 Å². The van der Waals surface area contributed by atoms with Crippen LogP contribution >= 0.6 is 12.4 Å². The van der Waals surface area contributed by atoms with Crippen LogP contribution in [0.3, 0.4) is 0 Å². The number of anilines is 2. The van der Waals surface area contributed by atoms with E-state index in [4.69, 9.17) is 38.9 Å². The lowest BCUT2D eigenvalue weighted by Crippen LogP contribution is -2.39. The third-order valence-electron chi connectivity index (χ3n) is 11.9. The molecule has 4 N–H and O–H groups in total. The van der Waals surface area contributed by atoms with E-state index in [9.17, 15) is 19.8 Å². The first-order valence-corrected chi connectivity index (χ1v) is 21.9. The number of carbonyl (C=O) groups is 2. The van der Waals surface area contributed by atoms with E-state index < -0.39 is 12.2 Å². The number of benzene rings is 4. The zero-order valence-corrected chi connectivity index (χ0v) is 37.1. The predicted molar refractivity (Wildman–Crippen MR) is 249 cm³/mol. The third-order valence-corrected chi connectivity index (χ3v) is 11.9. The van der Waals surface area contributed by atoms with Crippen LogP contribution < -0.4 is 20.4 Å². The van der Waals surface area contributed by atoms with Gasteiger partial charge in [0.2, 0.25) is 0 Å². The standard InChI is InChI=1S/2C24H26N4O4.ClH/c2*1-15-6-7-18-20(12-15)26-22(19-4-2-3-5-21(19)29)27-23(18)28-10-8-16(13-28)25-24(30)32-17-9-11-31-14-17;/h2*2-7,12,16-17,29H,8-11,13-14H2,1H3,(H,25,30);1H/t2*16-,17+;/m11./s1. The average Bonchev–Trinajstić information content (AvgIpc) is 4.14. The highest BCUT2D eigenvalue weighted by atomic mass is 35.5. The van der Waals surface area contributed by atoms with Gasteiger partial charge in [0.25, 0.3) is 0 Å². The molecule has 4 aromatic carbocycles. The van der Waals surface area contributed by atoms with Crippen molar-refractivity contribution >= 4 is 58.0 Å². The smallest absolute Gasteiger partial charge is 0.407 e. The number of hydrogen-bond acceptors (Lipinski definition) is 14. The maximum Gasteiger partial charge on any atom is 0.407 e.